The molecule has 2 rings (SSSR count). The fourth-order valence-electron chi connectivity index (χ4n) is 2.36. The number of rotatable bonds is 5. The molecule has 0 aromatic carbocycles. The van der Waals surface area contributed by atoms with Gasteiger partial charge in [0.05, 0.1) is 6.54 Å². The third kappa shape index (κ3) is 3.51. The second-order valence-electron chi connectivity index (χ2n) is 4.72. The first kappa shape index (κ1) is 12.5. The number of piperidine rings is 1. The summed E-state index contributed by atoms with van der Waals surface area (Å²) in [5.41, 5.74) is 0. The summed E-state index contributed by atoms with van der Waals surface area (Å²) in [6.45, 7) is 6.48. The van der Waals surface area contributed by atoms with Crippen LogP contribution in [0.5, 0.6) is 0 Å². The molecular formula is C12H22N4O. The SMILES string of the molecule is CCN1CCC(Cc2nc(CNC)no2)CC1. The molecule has 0 atom stereocenters. The van der Waals surface area contributed by atoms with Crippen LogP contribution in [0.3, 0.4) is 0 Å². The van der Waals surface area contributed by atoms with Crippen LogP contribution in [0.1, 0.15) is 31.5 Å². The van der Waals surface area contributed by atoms with Crippen LogP contribution in [0.2, 0.25) is 0 Å². The predicted molar refractivity (Wildman–Crippen MR) is 65.6 cm³/mol. The zero-order valence-corrected chi connectivity index (χ0v) is 10.8. The molecule has 0 radical (unpaired) electrons. The number of nitrogens with zero attached hydrogens (tertiary/aromatic N) is 3. The molecule has 0 amide bonds. The van der Waals surface area contributed by atoms with Crippen molar-refractivity contribution in [2.75, 3.05) is 26.7 Å². The zero-order valence-electron chi connectivity index (χ0n) is 10.8. The number of nitrogens with one attached hydrogen (secondary N) is 1. The largest absolute Gasteiger partial charge is 0.339 e. The Hall–Kier alpha value is -0.940. The first-order valence-electron chi connectivity index (χ1n) is 6.50. The maximum atomic E-state index is 5.26. The topological polar surface area (TPSA) is 54.2 Å². The van der Waals surface area contributed by atoms with Gasteiger partial charge in [0.25, 0.3) is 0 Å². The Kier molecular flexibility index (Phi) is 4.50. The minimum absolute atomic E-state index is 0.678. The van der Waals surface area contributed by atoms with Gasteiger partial charge in [-0.15, -0.1) is 0 Å². The van der Waals surface area contributed by atoms with Crippen molar-refractivity contribution in [3.05, 3.63) is 11.7 Å². The van der Waals surface area contributed by atoms with Gasteiger partial charge in [-0.25, -0.2) is 0 Å². The average Bonchev–Trinajstić information content (AvgIpc) is 2.78. The van der Waals surface area contributed by atoms with Crippen molar-refractivity contribution in [2.45, 2.75) is 32.7 Å². The molecule has 17 heavy (non-hydrogen) atoms. The molecule has 5 heteroatoms. The van der Waals surface area contributed by atoms with Crippen LogP contribution >= 0.6 is 0 Å². The lowest BCUT2D eigenvalue weighted by Crippen LogP contribution is -2.34. The Balaban J connectivity index is 1.80. The van der Waals surface area contributed by atoms with E-state index in [1.54, 1.807) is 0 Å². The van der Waals surface area contributed by atoms with Gasteiger partial charge in [-0.05, 0) is 45.4 Å². The summed E-state index contributed by atoms with van der Waals surface area (Å²) in [6.07, 6.45) is 3.43. The average molecular weight is 238 g/mol. The summed E-state index contributed by atoms with van der Waals surface area (Å²) in [5, 5.41) is 6.97. The summed E-state index contributed by atoms with van der Waals surface area (Å²) >= 11 is 0. The zero-order chi connectivity index (χ0) is 12.1. The maximum Gasteiger partial charge on any atom is 0.226 e. The molecule has 0 spiro atoms. The molecule has 1 saturated heterocycles. The van der Waals surface area contributed by atoms with Gasteiger partial charge in [-0.1, -0.05) is 12.1 Å². The summed E-state index contributed by atoms with van der Waals surface area (Å²) < 4.78 is 5.26. The third-order valence-corrected chi connectivity index (χ3v) is 3.46. The molecule has 1 aromatic rings. The lowest BCUT2D eigenvalue weighted by atomic mass is 9.93. The lowest BCUT2D eigenvalue weighted by molar-refractivity contribution is 0.185. The highest BCUT2D eigenvalue weighted by Gasteiger charge is 2.20. The molecule has 0 saturated carbocycles. The van der Waals surface area contributed by atoms with Gasteiger partial charge in [0.1, 0.15) is 0 Å². The number of likely N-dealkylation sites (tertiary alicyclic amines) is 1. The van der Waals surface area contributed by atoms with Gasteiger partial charge in [-0.2, -0.15) is 4.98 Å². The van der Waals surface area contributed by atoms with Gasteiger partial charge in [0.15, 0.2) is 5.82 Å². The molecule has 0 bridgehead atoms. The van der Waals surface area contributed by atoms with E-state index in [-0.39, 0.29) is 0 Å². The summed E-state index contributed by atoms with van der Waals surface area (Å²) in [4.78, 5) is 6.88. The van der Waals surface area contributed by atoms with E-state index in [1.165, 1.54) is 32.5 Å². The van der Waals surface area contributed by atoms with Gasteiger partial charge >= 0.3 is 0 Å². The van der Waals surface area contributed by atoms with E-state index in [1.807, 2.05) is 7.05 Å². The van der Waals surface area contributed by atoms with Crippen molar-refractivity contribution in [1.82, 2.24) is 20.4 Å². The fourth-order valence-corrected chi connectivity index (χ4v) is 2.36. The monoisotopic (exact) mass is 238 g/mol. The van der Waals surface area contributed by atoms with Gasteiger partial charge in [0, 0.05) is 6.42 Å². The summed E-state index contributed by atoms with van der Waals surface area (Å²) in [6, 6.07) is 0. The number of hydrogen-bond donors (Lipinski definition) is 1. The lowest BCUT2D eigenvalue weighted by Gasteiger charge is -2.30. The highest BCUT2D eigenvalue weighted by molar-refractivity contribution is 4.88. The van der Waals surface area contributed by atoms with Crippen molar-refractivity contribution in [1.29, 1.82) is 0 Å². The van der Waals surface area contributed by atoms with Gasteiger partial charge in [0.2, 0.25) is 5.89 Å². The van der Waals surface area contributed by atoms with E-state index in [4.69, 9.17) is 4.52 Å². The van der Waals surface area contributed by atoms with Crippen LogP contribution in [-0.4, -0.2) is 41.7 Å². The number of aromatic nitrogens is 2. The summed E-state index contributed by atoms with van der Waals surface area (Å²) in [5.74, 6) is 2.26. The Bertz CT molecular complexity index is 331. The van der Waals surface area contributed by atoms with E-state index in [2.05, 4.69) is 27.3 Å². The minimum Gasteiger partial charge on any atom is -0.339 e. The van der Waals surface area contributed by atoms with Gasteiger partial charge in [-0.3, -0.25) is 0 Å². The molecule has 1 aliphatic rings. The highest BCUT2D eigenvalue weighted by atomic mass is 16.5. The van der Waals surface area contributed by atoms with Crippen LogP contribution in [-0.2, 0) is 13.0 Å². The molecule has 96 valence electrons. The smallest absolute Gasteiger partial charge is 0.226 e. The van der Waals surface area contributed by atoms with E-state index in [0.717, 1.165) is 18.1 Å². The van der Waals surface area contributed by atoms with Crippen molar-refractivity contribution in [2.24, 2.45) is 5.92 Å². The number of hydrogen-bond acceptors (Lipinski definition) is 5. The van der Waals surface area contributed by atoms with Crippen LogP contribution in [0.15, 0.2) is 4.52 Å². The molecule has 0 aliphatic carbocycles. The van der Waals surface area contributed by atoms with Crippen molar-refractivity contribution < 1.29 is 4.52 Å². The van der Waals surface area contributed by atoms with Crippen molar-refractivity contribution in [3.8, 4) is 0 Å². The fraction of sp³-hybridized carbons (Fsp3) is 0.833. The van der Waals surface area contributed by atoms with E-state index < -0.39 is 0 Å². The van der Waals surface area contributed by atoms with Crippen LogP contribution in [0.25, 0.3) is 0 Å². The first-order chi connectivity index (χ1) is 8.31. The Morgan fingerprint density at radius 3 is 2.82 bits per heavy atom. The molecule has 2 heterocycles. The van der Waals surface area contributed by atoms with Crippen molar-refractivity contribution >= 4 is 0 Å². The van der Waals surface area contributed by atoms with E-state index in [0.29, 0.717) is 12.5 Å². The maximum absolute atomic E-state index is 5.26. The summed E-state index contributed by atoms with van der Waals surface area (Å²) in [7, 11) is 1.89. The predicted octanol–water partition coefficient (Wildman–Crippen LogP) is 1.06. The quantitative estimate of drug-likeness (QED) is 0.831. The minimum atomic E-state index is 0.678. The first-order valence-corrected chi connectivity index (χ1v) is 6.50. The van der Waals surface area contributed by atoms with E-state index in [9.17, 15) is 0 Å². The second-order valence-corrected chi connectivity index (χ2v) is 4.72. The van der Waals surface area contributed by atoms with Crippen molar-refractivity contribution in [3.63, 3.8) is 0 Å². The van der Waals surface area contributed by atoms with E-state index >= 15 is 0 Å². The van der Waals surface area contributed by atoms with Gasteiger partial charge < -0.3 is 14.7 Å². The molecule has 1 fully saturated rings. The Morgan fingerprint density at radius 2 is 2.18 bits per heavy atom. The Labute approximate surface area is 103 Å². The van der Waals surface area contributed by atoms with Crippen LogP contribution in [0, 0.1) is 5.92 Å². The third-order valence-electron chi connectivity index (χ3n) is 3.46. The normalized spacial score (nSPS) is 18.7. The van der Waals surface area contributed by atoms with Crippen LogP contribution in [0.4, 0.5) is 0 Å². The highest BCUT2D eigenvalue weighted by Crippen LogP contribution is 2.20. The Morgan fingerprint density at radius 1 is 1.41 bits per heavy atom. The molecule has 1 N–H and O–H groups in total. The molecule has 1 aromatic heterocycles. The molecular weight excluding hydrogens is 216 g/mol. The molecule has 0 unspecified atom stereocenters. The molecule has 5 nitrogen and oxygen atoms in total. The second kappa shape index (κ2) is 6.12. The molecule has 1 aliphatic heterocycles. The van der Waals surface area contributed by atoms with Crippen LogP contribution < -0.4 is 5.32 Å². The standard InChI is InChI=1S/C12H22N4O/c1-3-16-6-4-10(5-7-16)8-12-14-11(9-13-2)15-17-12/h10,13H,3-9H2,1-2H3.